The van der Waals surface area contributed by atoms with Crippen molar-refractivity contribution in [3.63, 3.8) is 0 Å². The Balaban J connectivity index is 2.22. The highest BCUT2D eigenvalue weighted by Crippen LogP contribution is 2.40. The second-order valence-electron chi connectivity index (χ2n) is 3.99. The zero-order valence-electron chi connectivity index (χ0n) is 7.95. The van der Waals surface area contributed by atoms with Gasteiger partial charge in [0, 0.05) is 13.6 Å². The van der Waals surface area contributed by atoms with Crippen molar-refractivity contribution in [2.75, 3.05) is 30.1 Å². The molecular formula is C11H14N2. The molecule has 0 amide bonds. The zero-order valence-corrected chi connectivity index (χ0v) is 7.95. The van der Waals surface area contributed by atoms with Gasteiger partial charge in [0.05, 0.1) is 18.0 Å². The summed E-state index contributed by atoms with van der Waals surface area (Å²) in [5.41, 5.74) is 4.45. The fourth-order valence-corrected chi connectivity index (χ4v) is 2.50. The number of anilines is 2. The molecule has 3 rings (SSSR count). The first kappa shape index (κ1) is 7.25. The van der Waals surface area contributed by atoms with Crippen LogP contribution in [0.15, 0.2) is 18.2 Å². The van der Waals surface area contributed by atoms with Gasteiger partial charge in [-0.15, -0.1) is 0 Å². The van der Waals surface area contributed by atoms with Crippen LogP contribution in [0.2, 0.25) is 0 Å². The lowest BCUT2D eigenvalue weighted by Crippen LogP contribution is -2.31. The van der Waals surface area contributed by atoms with E-state index in [0.29, 0.717) is 0 Å². The van der Waals surface area contributed by atoms with Gasteiger partial charge in [-0.05, 0) is 24.5 Å². The molecule has 13 heavy (non-hydrogen) atoms. The zero-order chi connectivity index (χ0) is 8.84. The molecule has 1 aromatic carbocycles. The van der Waals surface area contributed by atoms with Crippen molar-refractivity contribution >= 4 is 11.4 Å². The number of hydrogen-bond acceptors (Lipinski definition) is 2. The summed E-state index contributed by atoms with van der Waals surface area (Å²) in [5, 5.41) is 0. The van der Waals surface area contributed by atoms with Crippen LogP contribution in [-0.2, 0) is 6.42 Å². The van der Waals surface area contributed by atoms with Gasteiger partial charge >= 0.3 is 0 Å². The summed E-state index contributed by atoms with van der Waals surface area (Å²) in [5.74, 6) is 0. The molecule has 0 saturated heterocycles. The van der Waals surface area contributed by atoms with Gasteiger partial charge in [-0.2, -0.15) is 0 Å². The predicted molar refractivity (Wildman–Crippen MR) is 55.4 cm³/mol. The predicted octanol–water partition coefficient (Wildman–Crippen LogP) is 1.85. The van der Waals surface area contributed by atoms with Gasteiger partial charge in [0.1, 0.15) is 0 Å². The van der Waals surface area contributed by atoms with E-state index in [1.165, 1.54) is 36.3 Å². The Morgan fingerprint density at radius 2 is 2.23 bits per heavy atom. The first-order valence-corrected chi connectivity index (χ1v) is 4.94. The van der Waals surface area contributed by atoms with Crippen molar-refractivity contribution in [2.45, 2.75) is 12.8 Å². The normalized spacial score (nSPS) is 19.2. The second kappa shape index (κ2) is 2.41. The monoisotopic (exact) mass is 174 g/mol. The van der Waals surface area contributed by atoms with E-state index >= 15 is 0 Å². The highest BCUT2D eigenvalue weighted by Gasteiger charge is 2.27. The summed E-state index contributed by atoms with van der Waals surface area (Å²) in [7, 11) is 2.17. The average molecular weight is 174 g/mol. The van der Waals surface area contributed by atoms with Gasteiger partial charge in [0.2, 0.25) is 0 Å². The maximum Gasteiger partial charge on any atom is 0.0901 e. The SMILES string of the molecule is CN1CN2CCCc3cccc1c32. The Morgan fingerprint density at radius 3 is 3.15 bits per heavy atom. The highest BCUT2D eigenvalue weighted by molar-refractivity contribution is 5.79. The Labute approximate surface area is 78.8 Å². The number of aryl methyl sites for hydroxylation is 1. The second-order valence-corrected chi connectivity index (χ2v) is 3.99. The molecule has 0 radical (unpaired) electrons. The van der Waals surface area contributed by atoms with Crippen molar-refractivity contribution in [1.29, 1.82) is 0 Å². The minimum Gasteiger partial charge on any atom is -0.355 e. The maximum atomic E-state index is 2.49. The summed E-state index contributed by atoms with van der Waals surface area (Å²) in [4.78, 5) is 4.83. The van der Waals surface area contributed by atoms with E-state index in [1.807, 2.05) is 0 Å². The highest BCUT2D eigenvalue weighted by atomic mass is 15.4. The summed E-state index contributed by atoms with van der Waals surface area (Å²) >= 11 is 0. The number of para-hydroxylation sites is 1. The molecule has 0 atom stereocenters. The van der Waals surface area contributed by atoms with Crippen molar-refractivity contribution < 1.29 is 0 Å². The molecule has 0 spiro atoms. The van der Waals surface area contributed by atoms with E-state index in [-0.39, 0.29) is 0 Å². The Morgan fingerprint density at radius 1 is 1.31 bits per heavy atom. The molecule has 2 heteroatoms. The van der Waals surface area contributed by atoms with Gasteiger partial charge in [-0.1, -0.05) is 12.1 Å². The average Bonchev–Trinajstić information content (AvgIpc) is 2.47. The molecule has 2 heterocycles. The molecule has 1 aromatic rings. The van der Waals surface area contributed by atoms with E-state index in [1.54, 1.807) is 0 Å². The fourth-order valence-electron chi connectivity index (χ4n) is 2.50. The van der Waals surface area contributed by atoms with E-state index < -0.39 is 0 Å². The van der Waals surface area contributed by atoms with Crippen LogP contribution in [0.1, 0.15) is 12.0 Å². The van der Waals surface area contributed by atoms with Crippen LogP contribution >= 0.6 is 0 Å². The van der Waals surface area contributed by atoms with Crippen molar-refractivity contribution in [3.05, 3.63) is 23.8 Å². The number of nitrogens with zero attached hydrogens (tertiary/aromatic N) is 2. The van der Waals surface area contributed by atoms with Crippen molar-refractivity contribution in [1.82, 2.24) is 0 Å². The summed E-state index contributed by atoms with van der Waals surface area (Å²) in [6.45, 7) is 2.31. The smallest absolute Gasteiger partial charge is 0.0901 e. The number of benzene rings is 1. The quantitative estimate of drug-likeness (QED) is 0.592. The van der Waals surface area contributed by atoms with Crippen LogP contribution in [0.3, 0.4) is 0 Å². The Bertz CT molecular complexity index is 346. The van der Waals surface area contributed by atoms with Crippen LogP contribution in [0.4, 0.5) is 11.4 Å². The van der Waals surface area contributed by atoms with Crippen LogP contribution in [0.5, 0.6) is 0 Å². The minimum atomic E-state index is 1.08. The van der Waals surface area contributed by atoms with Gasteiger partial charge in [0.25, 0.3) is 0 Å². The molecular weight excluding hydrogens is 160 g/mol. The summed E-state index contributed by atoms with van der Waals surface area (Å²) in [6.07, 6.45) is 2.57. The van der Waals surface area contributed by atoms with Crippen LogP contribution in [0, 0.1) is 0 Å². The first-order valence-electron chi connectivity index (χ1n) is 4.94. The molecule has 0 N–H and O–H groups in total. The molecule has 0 bridgehead atoms. The minimum absolute atomic E-state index is 1.08. The third kappa shape index (κ3) is 0.886. The first-order chi connectivity index (χ1) is 6.36. The topological polar surface area (TPSA) is 6.48 Å². The standard InChI is InChI=1S/C11H14N2/c1-12-8-13-7-3-5-9-4-2-6-10(12)11(9)13/h2,4,6H,3,5,7-8H2,1H3. The van der Waals surface area contributed by atoms with Crippen LogP contribution in [-0.4, -0.2) is 20.3 Å². The number of rotatable bonds is 0. The molecule has 0 aliphatic carbocycles. The van der Waals surface area contributed by atoms with Gasteiger partial charge in [0.15, 0.2) is 0 Å². The van der Waals surface area contributed by atoms with Crippen molar-refractivity contribution in [3.8, 4) is 0 Å². The third-order valence-corrected chi connectivity index (χ3v) is 3.08. The molecule has 2 nitrogen and oxygen atoms in total. The molecule has 2 aliphatic heterocycles. The lowest BCUT2D eigenvalue weighted by Gasteiger charge is -2.25. The van der Waals surface area contributed by atoms with E-state index in [0.717, 1.165) is 6.67 Å². The van der Waals surface area contributed by atoms with Crippen LogP contribution < -0.4 is 9.80 Å². The Kier molecular flexibility index (Phi) is 1.34. The van der Waals surface area contributed by atoms with Crippen molar-refractivity contribution in [2.24, 2.45) is 0 Å². The molecule has 2 aliphatic rings. The molecule has 0 unspecified atom stereocenters. The summed E-state index contributed by atoms with van der Waals surface area (Å²) in [6, 6.07) is 6.67. The Hall–Kier alpha value is -1.18. The number of hydrogen-bond donors (Lipinski definition) is 0. The molecule has 68 valence electrons. The van der Waals surface area contributed by atoms with E-state index in [2.05, 4.69) is 35.0 Å². The van der Waals surface area contributed by atoms with Crippen LogP contribution in [0.25, 0.3) is 0 Å². The van der Waals surface area contributed by atoms with E-state index in [4.69, 9.17) is 0 Å². The lowest BCUT2D eigenvalue weighted by molar-refractivity contribution is 0.713. The van der Waals surface area contributed by atoms with Gasteiger partial charge in [-0.3, -0.25) is 0 Å². The third-order valence-electron chi connectivity index (χ3n) is 3.08. The van der Waals surface area contributed by atoms with E-state index in [9.17, 15) is 0 Å². The molecule has 0 saturated carbocycles. The van der Waals surface area contributed by atoms with Gasteiger partial charge in [-0.25, -0.2) is 0 Å². The maximum absolute atomic E-state index is 2.49. The molecule has 0 aromatic heterocycles. The van der Waals surface area contributed by atoms with Gasteiger partial charge < -0.3 is 9.80 Å². The largest absolute Gasteiger partial charge is 0.355 e. The fraction of sp³-hybridized carbons (Fsp3) is 0.455. The lowest BCUT2D eigenvalue weighted by atomic mass is 10.0. The molecule has 0 fully saturated rings. The summed E-state index contributed by atoms with van der Waals surface area (Å²) < 4.78 is 0.